The minimum Gasteiger partial charge on any atom is -0.381 e. The summed E-state index contributed by atoms with van der Waals surface area (Å²) in [7, 11) is 0. The standard InChI is InChI=1S/C26H32N2O2/c1-4-21(3)25(27-18-12-15-22-13-8-6-9-14-22)26(30)28(19-20-29)24(5-2)23-16-10-7-11-17-23/h5-11,13-14,16-17,20,27H,4,12,15,18-19H2,1-3H3/b24-5-,25-21?. The van der Waals surface area contributed by atoms with Crippen LogP contribution in [0.15, 0.2) is 78.0 Å². The second kappa shape index (κ2) is 12.4. The van der Waals surface area contributed by atoms with Crippen LogP contribution in [0, 0.1) is 0 Å². The normalized spacial score (nSPS) is 12.2. The number of rotatable bonds is 11. The van der Waals surface area contributed by atoms with Crippen LogP contribution in [0.5, 0.6) is 0 Å². The van der Waals surface area contributed by atoms with Crippen molar-refractivity contribution in [1.29, 1.82) is 0 Å². The van der Waals surface area contributed by atoms with E-state index in [0.717, 1.165) is 42.4 Å². The first-order valence-electron chi connectivity index (χ1n) is 10.6. The van der Waals surface area contributed by atoms with E-state index in [1.165, 1.54) is 5.56 Å². The summed E-state index contributed by atoms with van der Waals surface area (Å²) in [5, 5.41) is 3.36. The van der Waals surface area contributed by atoms with E-state index >= 15 is 0 Å². The zero-order valence-electron chi connectivity index (χ0n) is 18.2. The Labute approximate surface area is 180 Å². The molecule has 1 amide bonds. The molecule has 0 saturated heterocycles. The number of hydrogen-bond acceptors (Lipinski definition) is 3. The lowest BCUT2D eigenvalue weighted by atomic mass is 10.1. The van der Waals surface area contributed by atoms with Gasteiger partial charge in [0.05, 0.1) is 12.2 Å². The molecule has 0 spiro atoms. The van der Waals surface area contributed by atoms with Crippen molar-refractivity contribution in [2.45, 2.75) is 40.0 Å². The number of hydrogen-bond donors (Lipinski definition) is 1. The highest BCUT2D eigenvalue weighted by atomic mass is 16.2. The molecule has 0 saturated carbocycles. The Morgan fingerprint density at radius 2 is 1.67 bits per heavy atom. The summed E-state index contributed by atoms with van der Waals surface area (Å²) < 4.78 is 0. The van der Waals surface area contributed by atoms with E-state index in [-0.39, 0.29) is 12.5 Å². The number of amides is 1. The number of nitrogens with zero attached hydrogens (tertiary/aromatic N) is 1. The van der Waals surface area contributed by atoms with Crippen LogP contribution in [-0.2, 0) is 16.0 Å². The summed E-state index contributed by atoms with van der Waals surface area (Å²) >= 11 is 0. The number of aryl methyl sites for hydroxylation is 1. The van der Waals surface area contributed by atoms with Crippen LogP contribution in [0.25, 0.3) is 5.70 Å². The second-order valence-electron chi connectivity index (χ2n) is 7.15. The molecule has 2 aromatic carbocycles. The Bertz CT molecular complexity index is 870. The van der Waals surface area contributed by atoms with Crippen LogP contribution in [0.2, 0.25) is 0 Å². The zero-order valence-corrected chi connectivity index (χ0v) is 18.2. The van der Waals surface area contributed by atoms with Crippen molar-refractivity contribution >= 4 is 17.9 Å². The average Bonchev–Trinajstić information content (AvgIpc) is 2.79. The van der Waals surface area contributed by atoms with E-state index in [0.29, 0.717) is 12.2 Å². The molecule has 0 atom stereocenters. The maximum Gasteiger partial charge on any atom is 0.274 e. The van der Waals surface area contributed by atoms with Crippen LogP contribution < -0.4 is 5.32 Å². The molecule has 2 aromatic rings. The van der Waals surface area contributed by atoms with Crippen LogP contribution in [0.3, 0.4) is 0 Å². The third-order valence-electron chi connectivity index (χ3n) is 5.09. The molecule has 158 valence electrons. The fraction of sp³-hybridized carbons (Fsp3) is 0.308. The van der Waals surface area contributed by atoms with Gasteiger partial charge in [-0.2, -0.15) is 0 Å². The van der Waals surface area contributed by atoms with Crippen LogP contribution in [0.1, 0.15) is 44.7 Å². The molecular formula is C26H32N2O2. The number of benzene rings is 2. The van der Waals surface area contributed by atoms with E-state index in [9.17, 15) is 9.59 Å². The van der Waals surface area contributed by atoms with Gasteiger partial charge < -0.3 is 10.1 Å². The second-order valence-corrected chi connectivity index (χ2v) is 7.15. The van der Waals surface area contributed by atoms with E-state index in [2.05, 4.69) is 17.4 Å². The molecule has 0 heterocycles. The number of allylic oxidation sites excluding steroid dienone is 2. The molecule has 0 aliphatic heterocycles. The summed E-state index contributed by atoms with van der Waals surface area (Å²) in [5.74, 6) is -0.168. The lowest BCUT2D eigenvalue weighted by Gasteiger charge is -2.26. The quantitative estimate of drug-likeness (QED) is 0.326. The minimum absolute atomic E-state index is 0.0135. The number of nitrogens with one attached hydrogen (secondary N) is 1. The Kier molecular flexibility index (Phi) is 9.59. The van der Waals surface area contributed by atoms with Crippen LogP contribution in [-0.4, -0.2) is 30.2 Å². The molecule has 4 nitrogen and oxygen atoms in total. The highest BCUT2D eigenvalue weighted by molar-refractivity contribution is 6.00. The molecular weight excluding hydrogens is 372 g/mol. The SMILES string of the molecule is C/C=C(/c1ccccc1)N(CC=O)C(=O)C(NCCCc1ccccc1)=C(C)CC. The molecule has 0 bridgehead atoms. The van der Waals surface area contributed by atoms with Gasteiger partial charge in [-0.3, -0.25) is 9.69 Å². The summed E-state index contributed by atoms with van der Waals surface area (Å²) in [5.41, 5.74) is 4.50. The predicted octanol–water partition coefficient (Wildman–Crippen LogP) is 4.98. The average molecular weight is 405 g/mol. The fourth-order valence-electron chi connectivity index (χ4n) is 3.32. The Morgan fingerprint density at radius 3 is 2.23 bits per heavy atom. The van der Waals surface area contributed by atoms with Gasteiger partial charge in [0.25, 0.3) is 5.91 Å². The number of carbonyl (C=O) groups is 2. The first kappa shape index (κ1) is 23.1. The lowest BCUT2D eigenvalue weighted by molar-refractivity contribution is -0.126. The maximum atomic E-state index is 13.5. The highest BCUT2D eigenvalue weighted by Crippen LogP contribution is 2.22. The lowest BCUT2D eigenvalue weighted by Crippen LogP contribution is -2.37. The number of carbonyl (C=O) groups excluding carboxylic acids is 2. The Hall–Kier alpha value is -3.14. The molecule has 0 aliphatic rings. The molecule has 0 unspecified atom stereocenters. The van der Waals surface area contributed by atoms with Gasteiger partial charge in [-0.05, 0) is 49.8 Å². The molecule has 0 aliphatic carbocycles. The predicted molar refractivity (Wildman–Crippen MR) is 124 cm³/mol. The fourth-order valence-corrected chi connectivity index (χ4v) is 3.32. The van der Waals surface area contributed by atoms with E-state index in [1.807, 2.05) is 75.4 Å². The zero-order chi connectivity index (χ0) is 21.8. The smallest absolute Gasteiger partial charge is 0.274 e. The summed E-state index contributed by atoms with van der Waals surface area (Å²) in [6, 6.07) is 20.0. The van der Waals surface area contributed by atoms with Crippen molar-refractivity contribution < 1.29 is 9.59 Å². The molecule has 0 aromatic heterocycles. The first-order chi connectivity index (χ1) is 14.6. The summed E-state index contributed by atoms with van der Waals surface area (Å²) in [6.07, 6.45) is 5.28. The van der Waals surface area contributed by atoms with Crippen molar-refractivity contribution in [2.75, 3.05) is 13.1 Å². The van der Waals surface area contributed by atoms with Crippen molar-refractivity contribution in [3.8, 4) is 0 Å². The van der Waals surface area contributed by atoms with Crippen molar-refractivity contribution in [3.63, 3.8) is 0 Å². The monoisotopic (exact) mass is 404 g/mol. The first-order valence-corrected chi connectivity index (χ1v) is 10.6. The topological polar surface area (TPSA) is 49.4 Å². The van der Waals surface area contributed by atoms with Crippen molar-refractivity contribution in [3.05, 3.63) is 89.1 Å². The van der Waals surface area contributed by atoms with Gasteiger partial charge in [-0.15, -0.1) is 0 Å². The van der Waals surface area contributed by atoms with Gasteiger partial charge in [0.1, 0.15) is 6.29 Å². The summed E-state index contributed by atoms with van der Waals surface area (Å²) in [4.78, 5) is 26.4. The van der Waals surface area contributed by atoms with Gasteiger partial charge in [-0.25, -0.2) is 0 Å². The molecule has 0 radical (unpaired) electrons. The summed E-state index contributed by atoms with van der Waals surface area (Å²) in [6.45, 7) is 6.59. The van der Waals surface area contributed by atoms with Crippen LogP contribution >= 0.6 is 0 Å². The molecule has 0 fully saturated rings. The van der Waals surface area contributed by atoms with Crippen molar-refractivity contribution in [2.24, 2.45) is 0 Å². The number of aldehydes is 1. The van der Waals surface area contributed by atoms with E-state index < -0.39 is 0 Å². The van der Waals surface area contributed by atoms with Gasteiger partial charge in [0.15, 0.2) is 0 Å². The molecule has 2 rings (SSSR count). The largest absolute Gasteiger partial charge is 0.381 e. The van der Waals surface area contributed by atoms with Crippen LogP contribution in [0.4, 0.5) is 0 Å². The maximum absolute atomic E-state index is 13.5. The third kappa shape index (κ3) is 6.45. The Morgan fingerprint density at radius 1 is 1.03 bits per heavy atom. The van der Waals surface area contributed by atoms with Gasteiger partial charge in [0, 0.05) is 12.2 Å². The third-order valence-corrected chi connectivity index (χ3v) is 5.09. The molecule has 1 N–H and O–H groups in total. The van der Waals surface area contributed by atoms with Gasteiger partial charge in [-0.1, -0.05) is 73.7 Å². The van der Waals surface area contributed by atoms with Crippen molar-refractivity contribution in [1.82, 2.24) is 10.2 Å². The minimum atomic E-state index is -0.168. The van der Waals surface area contributed by atoms with Gasteiger partial charge >= 0.3 is 0 Å². The van der Waals surface area contributed by atoms with Gasteiger partial charge in [0.2, 0.25) is 0 Å². The molecule has 4 heteroatoms. The van der Waals surface area contributed by atoms with E-state index in [1.54, 1.807) is 4.90 Å². The van der Waals surface area contributed by atoms with E-state index in [4.69, 9.17) is 0 Å². The highest BCUT2D eigenvalue weighted by Gasteiger charge is 2.23. The molecule has 30 heavy (non-hydrogen) atoms. The Balaban J connectivity index is 2.17.